The molecular weight excluding hydrogens is 527 g/mol. The van der Waals surface area contributed by atoms with Crippen LogP contribution in [0.2, 0.25) is 0 Å². The zero-order valence-electron chi connectivity index (χ0n) is 21.9. The van der Waals surface area contributed by atoms with Gasteiger partial charge in [-0.2, -0.15) is 8.78 Å². The monoisotopic (exact) mass is 559 g/mol. The molecule has 4 N–H and O–H groups in total. The number of alkyl halides is 2. The highest BCUT2D eigenvalue weighted by atomic mass is 31.2. The summed E-state index contributed by atoms with van der Waals surface area (Å²) in [5, 5.41) is 2.02. The van der Waals surface area contributed by atoms with E-state index in [9.17, 15) is 13.3 Å². The van der Waals surface area contributed by atoms with Crippen molar-refractivity contribution in [1.29, 1.82) is 0 Å². The van der Waals surface area contributed by atoms with E-state index < -0.39 is 20.4 Å². The van der Waals surface area contributed by atoms with Crippen LogP contribution in [0, 0.1) is 13.8 Å². The van der Waals surface area contributed by atoms with Crippen molar-refractivity contribution in [2.75, 3.05) is 12.3 Å². The Balaban J connectivity index is 1.30. The van der Waals surface area contributed by atoms with Gasteiger partial charge in [-0.15, -0.1) is 0 Å². The molecule has 0 saturated carbocycles. The van der Waals surface area contributed by atoms with Crippen molar-refractivity contribution in [3.8, 4) is 5.75 Å². The molecule has 0 spiro atoms. The lowest BCUT2D eigenvalue weighted by molar-refractivity contribution is -0.191. The molecule has 11 heteroatoms. The van der Waals surface area contributed by atoms with Gasteiger partial charge in [-0.1, -0.05) is 18.2 Å². The van der Waals surface area contributed by atoms with Gasteiger partial charge in [0.25, 0.3) is 0 Å². The lowest BCUT2D eigenvalue weighted by Crippen LogP contribution is -2.19. The van der Waals surface area contributed by atoms with Crippen molar-refractivity contribution >= 4 is 35.4 Å². The third-order valence-electron chi connectivity index (χ3n) is 6.50. The van der Waals surface area contributed by atoms with Crippen LogP contribution in [-0.4, -0.2) is 32.5 Å². The standard InChI is InChI=1S/C28H32F2N3O5P/c1-18-6-11-23-24-16-20(17-32-26(24)27(31)33-25(23)14-18)7-8-21-9-10-22(15-19(21)2)37-13-5-3-4-12-28(29,30)38-39(34,35)36/h6,9-11,14-17H,3-5,7-8,12-13H2,1-2H3,(H2,31,33)(H2,34,35,36). The molecule has 39 heavy (non-hydrogen) atoms. The zero-order chi connectivity index (χ0) is 28.2. The number of phosphoric acid groups is 1. The molecule has 4 aromatic rings. The maximum Gasteiger partial charge on any atom is 0.474 e. The molecule has 2 heterocycles. The summed E-state index contributed by atoms with van der Waals surface area (Å²) in [6.07, 6.45) is -0.161. The molecule has 0 bridgehead atoms. The topological polar surface area (TPSA) is 128 Å². The molecule has 0 radical (unpaired) electrons. The molecule has 2 aromatic carbocycles. The Morgan fingerprint density at radius 3 is 2.54 bits per heavy atom. The minimum atomic E-state index is -5.23. The lowest BCUT2D eigenvalue weighted by atomic mass is 9.99. The van der Waals surface area contributed by atoms with Gasteiger partial charge in [-0.25, -0.2) is 14.1 Å². The molecule has 208 valence electrons. The van der Waals surface area contributed by atoms with Crippen molar-refractivity contribution in [2.45, 2.75) is 58.5 Å². The highest BCUT2D eigenvalue weighted by Crippen LogP contribution is 2.44. The number of nitrogens with zero attached hydrogens (tertiary/aromatic N) is 2. The maximum atomic E-state index is 13.4. The van der Waals surface area contributed by atoms with E-state index in [-0.39, 0.29) is 6.42 Å². The van der Waals surface area contributed by atoms with Gasteiger partial charge in [-0.05, 0) is 92.5 Å². The second kappa shape index (κ2) is 11.9. The number of fused-ring (bicyclic) bond motifs is 3. The molecular formula is C28H32F2N3O5P. The first kappa shape index (κ1) is 28.8. The number of rotatable bonds is 12. The summed E-state index contributed by atoms with van der Waals surface area (Å²) >= 11 is 0. The first-order valence-electron chi connectivity index (χ1n) is 12.7. The average Bonchev–Trinajstić information content (AvgIpc) is 2.84. The van der Waals surface area contributed by atoms with Gasteiger partial charge < -0.3 is 20.3 Å². The second-order valence-corrected chi connectivity index (χ2v) is 10.9. The molecule has 0 unspecified atom stereocenters. The molecule has 4 rings (SSSR count). The first-order chi connectivity index (χ1) is 18.4. The van der Waals surface area contributed by atoms with Crippen LogP contribution in [0.25, 0.3) is 21.8 Å². The van der Waals surface area contributed by atoms with Gasteiger partial charge in [0.15, 0.2) is 5.82 Å². The summed E-state index contributed by atoms with van der Waals surface area (Å²) in [6.45, 7) is 4.39. The minimum Gasteiger partial charge on any atom is -0.494 e. The van der Waals surface area contributed by atoms with Gasteiger partial charge in [0.05, 0.1) is 12.1 Å². The summed E-state index contributed by atoms with van der Waals surface area (Å²) in [7, 11) is -5.23. The number of nitrogen functional groups attached to an aromatic ring is 1. The van der Waals surface area contributed by atoms with Gasteiger partial charge >= 0.3 is 13.9 Å². The van der Waals surface area contributed by atoms with E-state index in [4.69, 9.17) is 20.3 Å². The zero-order valence-corrected chi connectivity index (χ0v) is 22.8. The highest BCUT2D eigenvalue weighted by molar-refractivity contribution is 7.46. The summed E-state index contributed by atoms with van der Waals surface area (Å²) in [5.74, 6) is 1.12. The number of unbranched alkanes of at least 4 members (excludes halogenated alkanes) is 2. The fraction of sp³-hybridized carbons (Fsp3) is 0.357. The quantitative estimate of drug-likeness (QED) is 0.103. The van der Waals surface area contributed by atoms with Crippen molar-refractivity contribution < 1.29 is 32.4 Å². The first-order valence-corrected chi connectivity index (χ1v) is 14.2. The van der Waals surface area contributed by atoms with E-state index in [1.807, 2.05) is 44.3 Å². The molecule has 0 aliphatic rings. The van der Waals surface area contributed by atoms with Gasteiger partial charge in [0.1, 0.15) is 11.3 Å². The van der Waals surface area contributed by atoms with Crippen molar-refractivity contribution in [2.24, 2.45) is 0 Å². The van der Waals surface area contributed by atoms with E-state index in [0.29, 0.717) is 36.5 Å². The van der Waals surface area contributed by atoms with Gasteiger partial charge in [0, 0.05) is 23.4 Å². The lowest BCUT2D eigenvalue weighted by Gasteiger charge is -2.16. The third kappa shape index (κ3) is 7.92. The van der Waals surface area contributed by atoms with E-state index in [2.05, 4.69) is 32.7 Å². The van der Waals surface area contributed by atoms with Crippen LogP contribution in [0.4, 0.5) is 14.6 Å². The second-order valence-electron chi connectivity index (χ2n) is 9.72. The van der Waals surface area contributed by atoms with E-state index in [1.165, 1.54) is 5.56 Å². The number of aromatic nitrogens is 2. The summed E-state index contributed by atoms with van der Waals surface area (Å²) in [5.41, 5.74) is 12.2. The van der Waals surface area contributed by atoms with Crippen molar-refractivity contribution in [1.82, 2.24) is 9.97 Å². The Labute approximate surface area is 225 Å². The number of benzene rings is 2. The van der Waals surface area contributed by atoms with E-state index in [1.54, 1.807) is 0 Å². The van der Waals surface area contributed by atoms with E-state index >= 15 is 0 Å². The van der Waals surface area contributed by atoms with Crippen LogP contribution < -0.4 is 10.5 Å². The largest absolute Gasteiger partial charge is 0.494 e. The molecule has 2 aromatic heterocycles. The number of aryl methyl sites for hydroxylation is 4. The Bertz CT molecular complexity index is 1530. The summed E-state index contributed by atoms with van der Waals surface area (Å²) in [6, 6.07) is 14.2. The molecule has 0 saturated heterocycles. The molecule has 0 atom stereocenters. The van der Waals surface area contributed by atoms with Gasteiger partial charge in [0.2, 0.25) is 0 Å². The van der Waals surface area contributed by atoms with Crippen molar-refractivity contribution in [3.63, 3.8) is 0 Å². The number of halogens is 2. The van der Waals surface area contributed by atoms with Crippen LogP contribution in [0.5, 0.6) is 5.75 Å². The number of anilines is 1. The van der Waals surface area contributed by atoms with Crippen LogP contribution in [0.3, 0.4) is 0 Å². The van der Waals surface area contributed by atoms with Crippen LogP contribution in [-0.2, 0) is 21.9 Å². The minimum absolute atomic E-state index is 0.0521. The maximum absolute atomic E-state index is 13.4. The molecule has 0 aliphatic carbocycles. The normalized spacial score (nSPS) is 12.4. The highest BCUT2D eigenvalue weighted by Gasteiger charge is 2.37. The third-order valence-corrected chi connectivity index (χ3v) is 7.01. The Morgan fingerprint density at radius 1 is 1.00 bits per heavy atom. The number of nitrogens with two attached hydrogens (primary N) is 1. The molecule has 0 aliphatic heterocycles. The SMILES string of the molecule is Cc1ccc2c(c1)nc(N)c1ncc(CCc3ccc(OCCCCCC(F)(F)OP(=O)(O)O)cc3C)cc12. The Hall–Kier alpha value is -3.17. The predicted molar refractivity (Wildman–Crippen MR) is 147 cm³/mol. The Morgan fingerprint density at radius 2 is 1.79 bits per heavy atom. The predicted octanol–water partition coefficient (Wildman–Crippen LogP) is 6.41. The molecule has 8 nitrogen and oxygen atoms in total. The average molecular weight is 560 g/mol. The Kier molecular flexibility index (Phi) is 8.81. The van der Waals surface area contributed by atoms with Gasteiger partial charge in [-0.3, -0.25) is 4.98 Å². The van der Waals surface area contributed by atoms with Crippen LogP contribution >= 0.6 is 7.82 Å². The number of hydrogen-bond acceptors (Lipinski definition) is 6. The fourth-order valence-electron chi connectivity index (χ4n) is 4.54. The number of pyridine rings is 2. The number of ether oxygens (including phenoxy) is 1. The number of phosphoric ester groups is 1. The molecule has 0 fully saturated rings. The molecule has 0 amide bonds. The van der Waals surface area contributed by atoms with E-state index in [0.717, 1.165) is 45.8 Å². The summed E-state index contributed by atoms with van der Waals surface area (Å²) in [4.78, 5) is 26.1. The van der Waals surface area contributed by atoms with Crippen LogP contribution in [0.15, 0.2) is 48.7 Å². The smallest absolute Gasteiger partial charge is 0.474 e. The van der Waals surface area contributed by atoms with Crippen LogP contribution in [0.1, 0.15) is 47.9 Å². The van der Waals surface area contributed by atoms with Crippen molar-refractivity contribution in [3.05, 3.63) is 70.9 Å². The number of hydrogen-bond donors (Lipinski definition) is 3. The fourth-order valence-corrected chi connectivity index (χ4v) is 4.98. The summed E-state index contributed by atoms with van der Waals surface area (Å²) < 4.78 is 46.5.